The van der Waals surface area contributed by atoms with Gasteiger partial charge in [-0.1, -0.05) is 42.4 Å². The van der Waals surface area contributed by atoms with Gasteiger partial charge in [0.2, 0.25) is 12.0 Å². The molecule has 118 valence electrons. The number of nitrogens with zero attached hydrogens (tertiary/aromatic N) is 1. The van der Waals surface area contributed by atoms with E-state index in [2.05, 4.69) is 15.8 Å². The molecule has 2 amide bonds. The molecule has 0 aliphatic carbocycles. The minimum atomic E-state index is -0.617. The van der Waals surface area contributed by atoms with Crippen LogP contribution in [0.1, 0.15) is 31.7 Å². The van der Waals surface area contributed by atoms with E-state index in [1.165, 1.54) is 0 Å². The first-order chi connectivity index (χ1) is 10.7. The summed E-state index contributed by atoms with van der Waals surface area (Å²) in [6, 6.07) is 9.62. The topological polar surface area (TPSA) is 79.8 Å². The molecule has 0 bridgehead atoms. The molecule has 0 radical (unpaired) electrons. The van der Waals surface area contributed by atoms with E-state index in [-0.39, 0.29) is 18.2 Å². The molecule has 6 nitrogen and oxygen atoms in total. The molecule has 6 heteroatoms. The molecule has 0 saturated heterocycles. The molecular formula is C16H21N3O3. The maximum Gasteiger partial charge on any atom is 0.264 e. The molecule has 1 aromatic rings. The molecule has 1 aliphatic heterocycles. The first kappa shape index (κ1) is 16.0. The van der Waals surface area contributed by atoms with Crippen LogP contribution < -0.4 is 10.6 Å². The van der Waals surface area contributed by atoms with E-state index < -0.39 is 6.10 Å². The van der Waals surface area contributed by atoms with Crippen LogP contribution in [-0.4, -0.2) is 36.7 Å². The molecule has 0 saturated carbocycles. The Kier molecular flexibility index (Phi) is 5.94. The average Bonchev–Trinajstić information content (AvgIpc) is 3.04. The van der Waals surface area contributed by atoms with Gasteiger partial charge in [0.15, 0.2) is 0 Å². The number of nitrogens with one attached hydrogen (secondary N) is 2. The lowest BCUT2D eigenvalue weighted by atomic mass is 10.0. The highest BCUT2D eigenvalue weighted by atomic mass is 16.6. The van der Waals surface area contributed by atoms with Crippen molar-refractivity contribution < 1.29 is 14.4 Å². The van der Waals surface area contributed by atoms with Crippen LogP contribution in [0.4, 0.5) is 0 Å². The van der Waals surface area contributed by atoms with E-state index in [9.17, 15) is 9.59 Å². The number of hydrogen-bond acceptors (Lipinski definition) is 4. The van der Waals surface area contributed by atoms with E-state index in [4.69, 9.17) is 4.84 Å². The standard InChI is InChI=1S/C16H21N3O3/c1-2-9-17-15(20)8-10-18-16(21)14-11-13(19-22-14)12-6-4-3-5-7-12/h3-7,14H,2,8-11H2,1H3,(H,17,20)(H,18,21). The second-order valence-electron chi connectivity index (χ2n) is 5.09. The lowest BCUT2D eigenvalue weighted by molar-refractivity contribution is -0.131. The van der Waals surface area contributed by atoms with Crippen LogP contribution in [0.25, 0.3) is 0 Å². The van der Waals surface area contributed by atoms with Gasteiger partial charge < -0.3 is 15.5 Å². The minimum absolute atomic E-state index is 0.0595. The molecule has 1 aliphatic rings. The molecule has 0 fully saturated rings. The van der Waals surface area contributed by atoms with Crippen LogP contribution in [0.15, 0.2) is 35.5 Å². The van der Waals surface area contributed by atoms with Gasteiger partial charge in [0, 0.05) is 25.9 Å². The van der Waals surface area contributed by atoms with Crippen molar-refractivity contribution >= 4 is 17.5 Å². The summed E-state index contributed by atoms with van der Waals surface area (Å²) in [5.41, 5.74) is 1.72. The van der Waals surface area contributed by atoms with Crippen LogP contribution in [0, 0.1) is 0 Å². The van der Waals surface area contributed by atoms with E-state index in [1.54, 1.807) is 0 Å². The van der Waals surface area contributed by atoms with Crippen molar-refractivity contribution in [3.05, 3.63) is 35.9 Å². The van der Waals surface area contributed by atoms with Crippen molar-refractivity contribution in [2.24, 2.45) is 5.16 Å². The summed E-state index contributed by atoms with van der Waals surface area (Å²) >= 11 is 0. The van der Waals surface area contributed by atoms with Crippen molar-refractivity contribution in [3.8, 4) is 0 Å². The molecule has 0 aromatic heterocycles. The van der Waals surface area contributed by atoms with E-state index in [0.29, 0.717) is 19.5 Å². The van der Waals surface area contributed by atoms with Crippen LogP contribution in [0.2, 0.25) is 0 Å². The number of oxime groups is 1. The number of amides is 2. The van der Waals surface area contributed by atoms with Gasteiger partial charge in [-0.05, 0) is 12.0 Å². The first-order valence-corrected chi connectivity index (χ1v) is 7.53. The van der Waals surface area contributed by atoms with Crippen molar-refractivity contribution in [3.63, 3.8) is 0 Å². The van der Waals surface area contributed by atoms with E-state index in [0.717, 1.165) is 17.7 Å². The highest BCUT2D eigenvalue weighted by molar-refractivity contribution is 6.04. The smallest absolute Gasteiger partial charge is 0.264 e. The summed E-state index contributed by atoms with van der Waals surface area (Å²) in [6.07, 6.45) is 0.991. The van der Waals surface area contributed by atoms with Gasteiger partial charge in [-0.2, -0.15) is 0 Å². The SMILES string of the molecule is CCCNC(=O)CCNC(=O)C1CC(c2ccccc2)=NO1. The lowest BCUT2D eigenvalue weighted by Crippen LogP contribution is -2.37. The van der Waals surface area contributed by atoms with Crippen molar-refractivity contribution in [2.45, 2.75) is 32.3 Å². The molecule has 22 heavy (non-hydrogen) atoms. The second-order valence-corrected chi connectivity index (χ2v) is 5.09. The first-order valence-electron chi connectivity index (χ1n) is 7.53. The zero-order valence-corrected chi connectivity index (χ0v) is 12.7. The number of carbonyl (C=O) groups excluding carboxylic acids is 2. The second kappa shape index (κ2) is 8.17. The summed E-state index contributed by atoms with van der Waals surface area (Å²) in [4.78, 5) is 28.6. The predicted molar refractivity (Wildman–Crippen MR) is 83.4 cm³/mol. The highest BCUT2D eigenvalue weighted by Crippen LogP contribution is 2.16. The van der Waals surface area contributed by atoms with Gasteiger partial charge in [-0.3, -0.25) is 9.59 Å². The van der Waals surface area contributed by atoms with Crippen LogP contribution in [0.3, 0.4) is 0 Å². The summed E-state index contributed by atoms with van der Waals surface area (Å²) in [5, 5.41) is 9.43. The average molecular weight is 303 g/mol. The molecule has 2 N–H and O–H groups in total. The van der Waals surface area contributed by atoms with Gasteiger partial charge >= 0.3 is 0 Å². The van der Waals surface area contributed by atoms with Crippen LogP contribution in [-0.2, 0) is 14.4 Å². The van der Waals surface area contributed by atoms with Crippen molar-refractivity contribution in [2.75, 3.05) is 13.1 Å². The Balaban J connectivity index is 1.71. The Labute approximate surface area is 129 Å². The van der Waals surface area contributed by atoms with Gasteiger partial charge in [-0.25, -0.2) is 0 Å². The molecule has 1 heterocycles. The molecule has 2 rings (SSSR count). The van der Waals surface area contributed by atoms with Crippen LogP contribution >= 0.6 is 0 Å². The van der Waals surface area contributed by atoms with Gasteiger partial charge in [0.25, 0.3) is 5.91 Å². The summed E-state index contributed by atoms with van der Waals surface area (Å²) in [7, 11) is 0. The third kappa shape index (κ3) is 4.58. The number of benzene rings is 1. The Morgan fingerprint density at radius 2 is 2.00 bits per heavy atom. The summed E-state index contributed by atoms with van der Waals surface area (Å²) in [5.74, 6) is -0.298. The fourth-order valence-corrected chi connectivity index (χ4v) is 2.08. The van der Waals surface area contributed by atoms with Crippen molar-refractivity contribution in [1.82, 2.24) is 10.6 Å². The number of hydrogen-bond donors (Lipinski definition) is 2. The summed E-state index contributed by atoms with van der Waals surface area (Å²) < 4.78 is 0. The normalized spacial score (nSPS) is 16.6. The van der Waals surface area contributed by atoms with Gasteiger partial charge in [-0.15, -0.1) is 0 Å². The maximum atomic E-state index is 12.0. The van der Waals surface area contributed by atoms with Crippen LogP contribution in [0.5, 0.6) is 0 Å². The third-order valence-electron chi connectivity index (χ3n) is 3.29. The molecular weight excluding hydrogens is 282 g/mol. The fraction of sp³-hybridized carbons (Fsp3) is 0.438. The fourth-order valence-electron chi connectivity index (χ4n) is 2.08. The molecule has 0 spiro atoms. The van der Waals surface area contributed by atoms with Crippen molar-refractivity contribution in [1.29, 1.82) is 0 Å². The Morgan fingerprint density at radius 1 is 1.23 bits per heavy atom. The molecule has 1 atom stereocenters. The Bertz CT molecular complexity index is 543. The molecule has 1 aromatic carbocycles. The monoisotopic (exact) mass is 303 g/mol. The Hall–Kier alpha value is -2.37. The predicted octanol–water partition coefficient (Wildman–Crippen LogP) is 1.21. The summed E-state index contributed by atoms with van der Waals surface area (Å²) in [6.45, 7) is 2.95. The highest BCUT2D eigenvalue weighted by Gasteiger charge is 2.28. The van der Waals surface area contributed by atoms with Gasteiger partial charge in [0.1, 0.15) is 0 Å². The molecule has 1 unspecified atom stereocenters. The Morgan fingerprint density at radius 3 is 2.73 bits per heavy atom. The van der Waals surface area contributed by atoms with Gasteiger partial charge in [0.05, 0.1) is 5.71 Å². The maximum absolute atomic E-state index is 12.0. The number of rotatable bonds is 7. The third-order valence-corrected chi connectivity index (χ3v) is 3.29. The minimum Gasteiger partial charge on any atom is -0.382 e. The largest absolute Gasteiger partial charge is 0.382 e. The quantitative estimate of drug-likeness (QED) is 0.794. The zero-order valence-electron chi connectivity index (χ0n) is 12.7. The van der Waals surface area contributed by atoms with E-state index in [1.807, 2.05) is 37.3 Å². The lowest BCUT2D eigenvalue weighted by Gasteiger charge is -2.09. The number of carbonyl (C=O) groups is 2. The van der Waals surface area contributed by atoms with E-state index >= 15 is 0 Å². The zero-order chi connectivity index (χ0) is 15.8.